The van der Waals surface area contributed by atoms with Crippen LogP contribution in [0, 0.1) is 0 Å². The standard InChI is InChI=1S/C16H25N7O/c1-3-8-23-11-18-21-15(23)12(2)19-16(24)22-9-5-13(6-10-22)14-4-7-17-20-14/h4,7,11-13H,3,5-6,8-10H2,1-2H3,(H,17,20)(H,19,24). The van der Waals surface area contributed by atoms with Crippen molar-refractivity contribution in [1.29, 1.82) is 0 Å². The van der Waals surface area contributed by atoms with Crippen LogP contribution in [0.1, 0.15) is 56.6 Å². The summed E-state index contributed by atoms with van der Waals surface area (Å²) in [5.41, 5.74) is 1.16. The lowest BCUT2D eigenvalue weighted by atomic mass is 9.94. The summed E-state index contributed by atoms with van der Waals surface area (Å²) in [6, 6.07) is 1.83. The molecule has 2 aromatic heterocycles. The van der Waals surface area contributed by atoms with Crippen molar-refractivity contribution in [3.8, 4) is 0 Å². The fraction of sp³-hybridized carbons (Fsp3) is 0.625. The number of carbonyl (C=O) groups excluding carboxylic acids is 1. The first-order valence-corrected chi connectivity index (χ1v) is 8.61. The number of H-pyrrole nitrogens is 1. The van der Waals surface area contributed by atoms with Crippen molar-refractivity contribution >= 4 is 6.03 Å². The van der Waals surface area contributed by atoms with Crippen LogP contribution in [0.25, 0.3) is 0 Å². The van der Waals surface area contributed by atoms with Crippen molar-refractivity contribution in [2.24, 2.45) is 0 Å². The predicted molar refractivity (Wildman–Crippen MR) is 89.4 cm³/mol. The molecule has 1 atom stereocenters. The molecule has 24 heavy (non-hydrogen) atoms. The first-order chi connectivity index (χ1) is 11.7. The molecule has 3 heterocycles. The van der Waals surface area contributed by atoms with E-state index in [9.17, 15) is 4.79 Å². The van der Waals surface area contributed by atoms with Gasteiger partial charge in [0, 0.05) is 37.4 Å². The van der Waals surface area contributed by atoms with E-state index in [1.54, 1.807) is 12.5 Å². The lowest BCUT2D eigenvalue weighted by molar-refractivity contribution is 0.177. The summed E-state index contributed by atoms with van der Waals surface area (Å²) in [4.78, 5) is 14.4. The third-order valence-corrected chi connectivity index (χ3v) is 4.58. The number of hydrogen-bond donors (Lipinski definition) is 2. The second-order valence-electron chi connectivity index (χ2n) is 6.33. The SMILES string of the molecule is CCCn1cnnc1C(C)NC(=O)N1CCC(c2ccn[nH]2)CC1. The van der Waals surface area contributed by atoms with E-state index in [0.717, 1.165) is 50.4 Å². The van der Waals surface area contributed by atoms with Crippen LogP contribution in [-0.2, 0) is 6.54 Å². The number of nitrogens with one attached hydrogen (secondary N) is 2. The number of piperidine rings is 1. The predicted octanol–water partition coefficient (Wildman–Crippen LogP) is 2.06. The van der Waals surface area contributed by atoms with Gasteiger partial charge in [-0.1, -0.05) is 6.92 Å². The number of urea groups is 1. The summed E-state index contributed by atoms with van der Waals surface area (Å²) in [5, 5.41) is 18.2. The quantitative estimate of drug-likeness (QED) is 0.877. The molecule has 2 N–H and O–H groups in total. The van der Waals surface area contributed by atoms with Crippen LogP contribution in [0.3, 0.4) is 0 Å². The number of likely N-dealkylation sites (tertiary alicyclic amines) is 1. The van der Waals surface area contributed by atoms with Gasteiger partial charge in [-0.2, -0.15) is 5.10 Å². The Kier molecular flexibility index (Phi) is 5.12. The first-order valence-electron chi connectivity index (χ1n) is 8.61. The fourth-order valence-corrected chi connectivity index (χ4v) is 3.24. The van der Waals surface area contributed by atoms with Crippen LogP contribution in [0.5, 0.6) is 0 Å². The molecular formula is C16H25N7O. The Hall–Kier alpha value is -2.38. The molecule has 0 saturated carbocycles. The zero-order valence-electron chi connectivity index (χ0n) is 14.3. The Morgan fingerprint density at radius 1 is 1.46 bits per heavy atom. The molecule has 8 nitrogen and oxygen atoms in total. The molecule has 0 aromatic carbocycles. The molecule has 1 fully saturated rings. The molecule has 2 aromatic rings. The lowest BCUT2D eigenvalue weighted by Crippen LogP contribution is -2.45. The highest BCUT2D eigenvalue weighted by Crippen LogP contribution is 2.26. The van der Waals surface area contributed by atoms with Gasteiger partial charge in [0.1, 0.15) is 6.33 Å². The van der Waals surface area contributed by atoms with E-state index in [1.807, 2.05) is 22.5 Å². The zero-order chi connectivity index (χ0) is 16.9. The Morgan fingerprint density at radius 3 is 2.92 bits per heavy atom. The van der Waals surface area contributed by atoms with Gasteiger partial charge in [-0.05, 0) is 32.3 Å². The van der Waals surface area contributed by atoms with Crippen LogP contribution in [0.2, 0.25) is 0 Å². The van der Waals surface area contributed by atoms with Gasteiger partial charge in [-0.25, -0.2) is 4.79 Å². The number of nitrogens with zero attached hydrogens (tertiary/aromatic N) is 5. The van der Waals surface area contributed by atoms with Crippen LogP contribution in [0.4, 0.5) is 4.79 Å². The highest BCUT2D eigenvalue weighted by Gasteiger charge is 2.26. The van der Waals surface area contributed by atoms with Gasteiger partial charge in [0.25, 0.3) is 0 Å². The normalized spacial score (nSPS) is 17.0. The van der Waals surface area contributed by atoms with Crippen LogP contribution in [-0.4, -0.2) is 49.0 Å². The molecule has 0 aliphatic carbocycles. The maximum Gasteiger partial charge on any atom is 0.317 e. The van der Waals surface area contributed by atoms with E-state index >= 15 is 0 Å². The van der Waals surface area contributed by atoms with Crippen LogP contribution < -0.4 is 5.32 Å². The summed E-state index contributed by atoms with van der Waals surface area (Å²) in [6.45, 7) is 6.42. The van der Waals surface area contributed by atoms with E-state index in [1.165, 1.54) is 0 Å². The average molecular weight is 331 g/mol. The maximum atomic E-state index is 12.5. The molecule has 130 valence electrons. The second-order valence-corrected chi connectivity index (χ2v) is 6.33. The Labute approximate surface area is 141 Å². The van der Waals surface area contributed by atoms with Gasteiger partial charge in [0.15, 0.2) is 5.82 Å². The summed E-state index contributed by atoms with van der Waals surface area (Å²) in [7, 11) is 0. The van der Waals surface area contributed by atoms with Crippen molar-refractivity contribution in [2.75, 3.05) is 13.1 Å². The minimum atomic E-state index is -0.156. The Balaban J connectivity index is 1.53. The number of aromatic amines is 1. The van der Waals surface area contributed by atoms with Crippen LogP contribution in [0.15, 0.2) is 18.6 Å². The van der Waals surface area contributed by atoms with Gasteiger partial charge in [-0.15, -0.1) is 10.2 Å². The average Bonchev–Trinajstić information content (AvgIpc) is 3.27. The number of hydrogen-bond acceptors (Lipinski definition) is 4. The molecule has 3 rings (SSSR count). The molecule has 0 bridgehead atoms. The third-order valence-electron chi connectivity index (χ3n) is 4.58. The molecular weight excluding hydrogens is 306 g/mol. The maximum absolute atomic E-state index is 12.5. The Morgan fingerprint density at radius 2 is 2.25 bits per heavy atom. The molecule has 1 saturated heterocycles. The van der Waals surface area contributed by atoms with Crippen molar-refractivity contribution in [3.05, 3.63) is 30.1 Å². The number of amides is 2. The molecule has 1 unspecified atom stereocenters. The van der Waals surface area contributed by atoms with E-state index < -0.39 is 0 Å². The largest absolute Gasteiger partial charge is 0.328 e. The van der Waals surface area contributed by atoms with E-state index in [2.05, 4.69) is 32.6 Å². The first kappa shape index (κ1) is 16.5. The smallest absolute Gasteiger partial charge is 0.317 e. The van der Waals surface area contributed by atoms with Crippen molar-refractivity contribution in [2.45, 2.75) is 51.6 Å². The van der Waals surface area contributed by atoms with Gasteiger partial charge < -0.3 is 14.8 Å². The van der Waals surface area contributed by atoms with E-state index in [-0.39, 0.29) is 12.1 Å². The summed E-state index contributed by atoms with van der Waals surface area (Å²) in [6.07, 6.45) is 6.42. The number of aromatic nitrogens is 5. The molecule has 0 radical (unpaired) electrons. The van der Waals surface area contributed by atoms with Crippen LogP contribution >= 0.6 is 0 Å². The van der Waals surface area contributed by atoms with Gasteiger partial charge in [-0.3, -0.25) is 5.10 Å². The highest BCUT2D eigenvalue weighted by atomic mass is 16.2. The summed E-state index contributed by atoms with van der Waals surface area (Å²) < 4.78 is 2.00. The van der Waals surface area contributed by atoms with E-state index in [0.29, 0.717) is 5.92 Å². The monoisotopic (exact) mass is 331 g/mol. The Bertz CT molecular complexity index is 643. The molecule has 0 spiro atoms. The van der Waals surface area contributed by atoms with Crippen molar-refractivity contribution < 1.29 is 4.79 Å². The molecule has 2 amide bonds. The highest BCUT2D eigenvalue weighted by molar-refractivity contribution is 5.74. The van der Waals surface area contributed by atoms with Gasteiger partial charge >= 0.3 is 6.03 Å². The minimum Gasteiger partial charge on any atom is -0.328 e. The third kappa shape index (κ3) is 3.58. The van der Waals surface area contributed by atoms with Gasteiger partial charge in [0.2, 0.25) is 0 Å². The van der Waals surface area contributed by atoms with Crippen molar-refractivity contribution in [3.63, 3.8) is 0 Å². The summed E-state index contributed by atoms with van der Waals surface area (Å²) >= 11 is 0. The van der Waals surface area contributed by atoms with Gasteiger partial charge in [0.05, 0.1) is 6.04 Å². The number of rotatable bonds is 5. The molecule has 1 aliphatic rings. The topological polar surface area (TPSA) is 91.7 Å². The minimum absolute atomic E-state index is 0.0309. The number of aryl methyl sites for hydroxylation is 1. The lowest BCUT2D eigenvalue weighted by Gasteiger charge is -2.32. The fourth-order valence-electron chi connectivity index (χ4n) is 3.24. The van der Waals surface area contributed by atoms with Crippen molar-refractivity contribution in [1.82, 2.24) is 35.2 Å². The second kappa shape index (κ2) is 7.46. The summed E-state index contributed by atoms with van der Waals surface area (Å²) in [5.74, 6) is 1.26. The molecule has 1 aliphatic heterocycles. The van der Waals surface area contributed by atoms with E-state index in [4.69, 9.17) is 0 Å². The number of carbonyl (C=O) groups is 1. The molecule has 8 heteroatoms. The zero-order valence-corrected chi connectivity index (χ0v) is 14.3.